The molecule has 3 heterocycles. The van der Waals surface area contributed by atoms with E-state index < -0.39 is 5.76 Å². The van der Waals surface area contributed by atoms with Crippen LogP contribution in [-0.2, 0) is 22.5 Å². The highest BCUT2D eigenvalue weighted by atomic mass is 16.5. The summed E-state index contributed by atoms with van der Waals surface area (Å²) in [5.74, 6) is 0.356. The lowest BCUT2D eigenvalue weighted by atomic mass is 9.98. The van der Waals surface area contributed by atoms with Crippen molar-refractivity contribution in [2.24, 2.45) is 5.92 Å². The van der Waals surface area contributed by atoms with Gasteiger partial charge in [0.1, 0.15) is 5.76 Å². The number of hydrogen-bond acceptors (Lipinski definition) is 6. The molecule has 8 heteroatoms. The molecule has 1 aliphatic heterocycles. The van der Waals surface area contributed by atoms with Gasteiger partial charge in [-0.15, -0.1) is 0 Å². The Kier molecular flexibility index (Phi) is 5.04. The molecule has 1 N–H and O–H groups in total. The highest BCUT2D eigenvalue weighted by Crippen LogP contribution is 2.20. The van der Waals surface area contributed by atoms with Crippen molar-refractivity contribution in [3.63, 3.8) is 0 Å². The normalized spacial score (nSPS) is 19.4. The summed E-state index contributed by atoms with van der Waals surface area (Å²) in [4.78, 5) is 24.6. The van der Waals surface area contributed by atoms with Crippen molar-refractivity contribution in [2.45, 2.75) is 39.3 Å². The summed E-state index contributed by atoms with van der Waals surface area (Å²) < 4.78 is 17.6. The van der Waals surface area contributed by atoms with E-state index in [-0.39, 0.29) is 30.8 Å². The van der Waals surface area contributed by atoms with Crippen LogP contribution in [-0.4, -0.2) is 34.9 Å². The number of aryl methyl sites for hydroxylation is 3. The summed E-state index contributed by atoms with van der Waals surface area (Å²) in [6, 6.07) is 7.36. The smallest absolute Gasteiger partial charge is 0.408 e. The molecular formula is C20H23N3O5. The third kappa shape index (κ3) is 3.87. The molecule has 4 rings (SSSR count). The summed E-state index contributed by atoms with van der Waals surface area (Å²) in [6.07, 6.45) is 0.851. The molecule has 1 saturated heterocycles. The molecule has 2 aromatic heterocycles. The number of nitrogens with one attached hydrogen (secondary N) is 1. The minimum Gasteiger partial charge on any atom is -0.408 e. The first kappa shape index (κ1) is 18.5. The van der Waals surface area contributed by atoms with Crippen LogP contribution in [0.5, 0.6) is 0 Å². The highest BCUT2D eigenvalue weighted by molar-refractivity contribution is 5.77. The first-order chi connectivity index (χ1) is 13.5. The van der Waals surface area contributed by atoms with E-state index in [0.29, 0.717) is 30.7 Å². The standard InChI is InChI=1S/C20H23N3O5/c1-12-3-4-18-17(7-12)23(20(25)27-18)6-5-19(24)21-16-11-26-10-14(16)9-15-8-13(2)22-28-15/h3-4,7-8,14,16H,5-6,9-11H2,1-2H3,(H,21,24). The van der Waals surface area contributed by atoms with Crippen LogP contribution in [0, 0.1) is 19.8 Å². The molecule has 0 bridgehead atoms. The van der Waals surface area contributed by atoms with E-state index in [0.717, 1.165) is 17.0 Å². The van der Waals surface area contributed by atoms with Gasteiger partial charge in [0.15, 0.2) is 5.58 Å². The van der Waals surface area contributed by atoms with E-state index in [1.165, 1.54) is 4.57 Å². The van der Waals surface area contributed by atoms with Gasteiger partial charge in [-0.2, -0.15) is 0 Å². The van der Waals surface area contributed by atoms with Gasteiger partial charge in [-0.3, -0.25) is 9.36 Å². The third-order valence-corrected chi connectivity index (χ3v) is 5.07. The van der Waals surface area contributed by atoms with Gasteiger partial charge < -0.3 is 19.0 Å². The van der Waals surface area contributed by atoms with Crippen LogP contribution in [0.15, 0.2) is 38.0 Å². The van der Waals surface area contributed by atoms with Crippen molar-refractivity contribution in [1.82, 2.24) is 15.0 Å². The van der Waals surface area contributed by atoms with Gasteiger partial charge in [-0.05, 0) is 31.5 Å². The molecule has 0 aliphatic carbocycles. The molecule has 148 valence electrons. The molecule has 1 amide bonds. The topological polar surface area (TPSA) is 99.5 Å². The first-order valence-corrected chi connectivity index (χ1v) is 9.39. The number of benzene rings is 1. The lowest BCUT2D eigenvalue weighted by Crippen LogP contribution is -2.41. The van der Waals surface area contributed by atoms with Gasteiger partial charge in [-0.1, -0.05) is 11.2 Å². The Morgan fingerprint density at radius 3 is 2.93 bits per heavy atom. The molecule has 1 aliphatic rings. The van der Waals surface area contributed by atoms with Crippen LogP contribution in [0.3, 0.4) is 0 Å². The maximum atomic E-state index is 12.5. The summed E-state index contributed by atoms with van der Waals surface area (Å²) in [6.45, 7) is 5.12. The zero-order valence-electron chi connectivity index (χ0n) is 15.9. The predicted octanol–water partition coefficient (Wildman–Crippen LogP) is 1.96. The Labute approximate surface area is 161 Å². The van der Waals surface area contributed by atoms with E-state index in [1.807, 2.05) is 32.0 Å². The van der Waals surface area contributed by atoms with Crippen molar-refractivity contribution in [2.75, 3.05) is 13.2 Å². The number of carbonyl (C=O) groups is 1. The van der Waals surface area contributed by atoms with Gasteiger partial charge >= 0.3 is 5.76 Å². The van der Waals surface area contributed by atoms with Gasteiger partial charge in [-0.25, -0.2) is 4.79 Å². The molecule has 3 aromatic rings. The molecule has 1 fully saturated rings. The van der Waals surface area contributed by atoms with Crippen LogP contribution >= 0.6 is 0 Å². The van der Waals surface area contributed by atoms with Crippen molar-refractivity contribution in [3.05, 3.63) is 51.8 Å². The van der Waals surface area contributed by atoms with Gasteiger partial charge in [0.25, 0.3) is 0 Å². The number of fused-ring (bicyclic) bond motifs is 1. The Bertz CT molecular complexity index is 1050. The maximum absolute atomic E-state index is 12.5. The zero-order valence-corrected chi connectivity index (χ0v) is 15.9. The molecular weight excluding hydrogens is 362 g/mol. The van der Waals surface area contributed by atoms with Gasteiger partial charge in [0, 0.05) is 31.4 Å². The number of carbonyl (C=O) groups excluding carboxylic acids is 1. The maximum Gasteiger partial charge on any atom is 0.419 e. The number of aromatic nitrogens is 2. The second-order valence-electron chi connectivity index (χ2n) is 7.35. The Hall–Kier alpha value is -2.87. The Morgan fingerprint density at radius 2 is 2.14 bits per heavy atom. The lowest BCUT2D eigenvalue weighted by molar-refractivity contribution is -0.122. The van der Waals surface area contributed by atoms with Crippen molar-refractivity contribution >= 4 is 17.0 Å². The molecule has 2 unspecified atom stereocenters. The van der Waals surface area contributed by atoms with Crippen LogP contribution in [0.1, 0.15) is 23.4 Å². The van der Waals surface area contributed by atoms with Crippen LogP contribution in [0.2, 0.25) is 0 Å². The fraction of sp³-hybridized carbons (Fsp3) is 0.450. The number of oxazole rings is 1. The van der Waals surface area contributed by atoms with Crippen LogP contribution in [0.4, 0.5) is 0 Å². The minimum absolute atomic E-state index is 0.0852. The highest BCUT2D eigenvalue weighted by Gasteiger charge is 2.30. The Morgan fingerprint density at radius 1 is 1.29 bits per heavy atom. The molecule has 0 spiro atoms. The van der Waals surface area contributed by atoms with Crippen molar-refractivity contribution in [1.29, 1.82) is 0 Å². The second-order valence-corrected chi connectivity index (χ2v) is 7.35. The van der Waals surface area contributed by atoms with Crippen LogP contribution in [0.25, 0.3) is 11.1 Å². The van der Waals surface area contributed by atoms with Crippen molar-refractivity contribution < 1.29 is 18.5 Å². The minimum atomic E-state index is -0.448. The average molecular weight is 385 g/mol. The number of hydrogen-bond donors (Lipinski definition) is 1. The van der Waals surface area contributed by atoms with E-state index in [9.17, 15) is 9.59 Å². The van der Waals surface area contributed by atoms with E-state index in [4.69, 9.17) is 13.7 Å². The predicted molar refractivity (Wildman–Crippen MR) is 101 cm³/mol. The second kappa shape index (κ2) is 7.63. The van der Waals surface area contributed by atoms with E-state index in [2.05, 4.69) is 10.5 Å². The fourth-order valence-electron chi connectivity index (χ4n) is 3.61. The molecule has 0 saturated carbocycles. The zero-order chi connectivity index (χ0) is 19.7. The number of amides is 1. The van der Waals surface area contributed by atoms with E-state index in [1.54, 1.807) is 6.07 Å². The third-order valence-electron chi connectivity index (χ3n) is 5.07. The van der Waals surface area contributed by atoms with Gasteiger partial charge in [0.2, 0.25) is 5.91 Å². The summed E-state index contributed by atoms with van der Waals surface area (Å²) in [5, 5.41) is 6.92. The SMILES string of the molecule is Cc1ccc2oc(=O)n(CCC(=O)NC3COCC3Cc3cc(C)no3)c2c1. The number of rotatable bonds is 6. The summed E-state index contributed by atoms with van der Waals surface area (Å²) >= 11 is 0. The molecule has 1 aromatic carbocycles. The molecule has 8 nitrogen and oxygen atoms in total. The largest absolute Gasteiger partial charge is 0.419 e. The average Bonchev–Trinajstić information content (AvgIpc) is 3.33. The summed E-state index contributed by atoms with van der Waals surface area (Å²) in [5.41, 5.74) is 3.10. The summed E-state index contributed by atoms with van der Waals surface area (Å²) in [7, 11) is 0. The number of nitrogens with zero attached hydrogens (tertiary/aromatic N) is 2. The van der Waals surface area contributed by atoms with Crippen molar-refractivity contribution in [3.8, 4) is 0 Å². The Balaban J connectivity index is 1.37. The monoisotopic (exact) mass is 385 g/mol. The quantitative estimate of drug-likeness (QED) is 0.696. The lowest BCUT2D eigenvalue weighted by Gasteiger charge is -2.18. The first-order valence-electron chi connectivity index (χ1n) is 9.39. The number of ether oxygens (including phenoxy) is 1. The van der Waals surface area contributed by atoms with Crippen LogP contribution < -0.4 is 11.1 Å². The molecule has 0 radical (unpaired) electrons. The molecule has 2 atom stereocenters. The molecule has 28 heavy (non-hydrogen) atoms. The van der Waals surface area contributed by atoms with Gasteiger partial charge in [0.05, 0.1) is 30.5 Å². The fourth-order valence-corrected chi connectivity index (χ4v) is 3.61. The van der Waals surface area contributed by atoms with E-state index >= 15 is 0 Å².